The molecule has 0 radical (unpaired) electrons. The third-order valence-corrected chi connectivity index (χ3v) is 5.64. The SMILES string of the molecule is CC(OCc1ccccc1)(C(=O)O)c1ccc(OCCN2CCOc3ccccc32)cc1. The predicted octanol–water partition coefficient (Wildman–Crippen LogP) is 4.48. The minimum atomic E-state index is -1.45. The zero-order valence-electron chi connectivity index (χ0n) is 18.1. The van der Waals surface area contributed by atoms with Gasteiger partial charge in [-0.3, -0.25) is 0 Å². The van der Waals surface area contributed by atoms with Crippen LogP contribution < -0.4 is 14.4 Å². The van der Waals surface area contributed by atoms with Gasteiger partial charge < -0.3 is 24.2 Å². The van der Waals surface area contributed by atoms with Gasteiger partial charge in [0.2, 0.25) is 0 Å². The summed E-state index contributed by atoms with van der Waals surface area (Å²) in [6, 6.07) is 24.6. The highest BCUT2D eigenvalue weighted by molar-refractivity contribution is 5.79. The van der Waals surface area contributed by atoms with Gasteiger partial charge in [0.05, 0.1) is 25.4 Å². The van der Waals surface area contributed by atoms with Crippen LogP contribution in [0.25, 0.3) is 0 Å². The van der Waals surface area contributed by atoms with Crippen molar-refractivity contribution in [3.63, 3.8) is 0 Å². The van der Waals surface area contributed by atoms with Crippen LogP contribution in [-0.4, -0.2) is 37.4 Å². The van der Waals surface area contributed by atoms with Gasteiger partial charge in [-0.1, -0.05) is 54.6 Å². The second-order valence-corrected chi connectivity index (χ2v) is 7.79. The minimum absolute atomic E-state index is 0.211. The highest BCUT2D eigenvalue weighted by Crippen LogP contribution is 2.31. The van der Waals surface area contributed by atoms with Gasteiger partial charge in [-0.25, -0.2) is 4.79 Å². The van der Waals surface area contributed by atoms with Crippen LogP contribution in [0.1, 0.15) is 18.1 Å². The number of anilines is 1. The van der Waals surface area contributed by atoms with E-state index in [0.717, 1.165) is 30.1 Å². The molecule has 32 heavy (non-hydrogen) atoms. The van der Waals surface area contributed by atoms with E-state index < -0.39 is 11.6 Å². The predicted molar refractivity (Wildman–Crippen MR) is 122 cm³/mol. The molecule has 3 aromatic rings. The largest absolute Gasteiger partial charge is 0.492 e. The Labute approximate surface area is 188 Å². The average molecular weight is 434 g/mol. The first kappa shape index (κ1) is 21.7. The minimum Gasteiger partial charge on any atom is -0.492 e. The van der Waals surface area contributed by atoms with E-state index in [-0.39, 0.29) is 6.61 Å². The van der Waals surface area contributed by atoms with Gasteiger partial charge >= 0.3 is 5.97 Å². The second kappa shape index (κ2) is 9.75. The molecular weight excluding hydrogens is 406 g/mol. The van der Waals surface area contributed by atoms with Crippen molar-refractivity contribution in [1.29, 1.82) is 0 Å². The second-order valence-electron chi connectivity index (χ2n) is 7.79. The third kappa shape index (κ3) is 4.86. The fraction of sp³-hybridized carbons (Fsp3) is 0.269. The van der Waals surface area contributed by atoms with E-state index in [9.17, 15) is 9.90 Å². The van der Waals surface area contributed by atoms with Crippen LogP contribution in [0.5, 0.6) is 11.5 Å². The summed E-state index contributed by atoms with van der Waals surface area (Å²) in [4.78, 5) is 14.2. The molecule has 0 saturated carbocycles. The summed E-state index contributed by atoms with van der Waals surface area (Å²) in [5.74, 6) is 0.547. The summed E-state index contributed by atoms with van der Waals surface area (Å²) in [5, 5.41) is 9.83. The zero-order chi connectivity index (χ0) is 22.4. The number of nitrogens with zero attached hydrogens (tertiary/aromatic N) is 1. The molecule has 166 valence electrons. The topological polar surface area (TPSA) is 68.2 Å². The number of rotatable bonds is 9. The molecule has 1 N–H and O–H groups in total. The molecule has 6 nitrogen and oxygen atoms in total. The number of fused-ring (bicyclic) bond motifs is 1. The third-order valence-electron chi connectivity index (χ3n) is 5.64. The molecule has 0 aliphatic carbocycles. The molecule has 1 unspecified atom stereocenters. The first-order valence-electron chi connectivity index (χ1n) is 10.7. The number of ether oxygens (including phenoxy) is 3. The summed E-state index contributed by atoms with van der Waals surface area (Å²) >= 11 is 0. The van der Waals surface area contributed by atoms with Gasteiger partial charge in [0.25, 0.3) is 0 Å². The molecule has 0 fully saturated rings. The van der Waals surface area contributed by atoms with E-state index in [0.29, 0.717) is 24.5 Å². The van der Waals surface area contributed by atoms with Crippen molar-refractivity contribution >= 4 is 11.7 Å². The van der Waals surface area contributed by atoms with Gasteiger partial charge in [-0.15, -0.1) is 0 Å². The Hall–Kier alpha value is -3.51. The number of benzene rings is 3. The number of aliphatic carboxylic acids is 1. The van der Waals surface area contributed by atoms with Crippen molar-refractivity contribution < 1.29 is 24.1 Å². The van der Waals surface area contributed by atoms with Crippen LogP contribution in [0.4, 0.5) is 5.69 Å². The van der Waals surface area contributed by atoms with Crippen LogP contribution in [0.3, 0.4) is 0 Å². The van der Waals surface area contributed by atoms with Gasteiger partial charge in [0, 0.05) is 0 Å². The lowest BCUT2D eigenvalue weighted by Crippen LogP contribution is -2.36. The van der Waals surface area contributed by atoms with Crippen LogP contribution in [0, 0.1) is 0 Å². The van der Waals surface area contributed by atoms with Crippen LogP contribution in [0.2, 0.25) is 0 Å². The average Bonchev–Trinajstić information content (AvgIpc) is 2.83. The van der Waals surface area contributed by atoms with Crippen LogP contribution in [-0.2, 0) is 21.7 Å². The molecule has 0 saturated heterocycles. The Morgan fingerprint density at radius 2 is 1.75 bits per heavy atom. The molecule has 0 spiro atoms. The number of carboxylic acids is 1. The number of carbonyl (C=O) groups is 1. The standard InChI is InChI=1S/C26H27NO5/c1-26(25(28)29,32-19-20-7-3-2-4-8-20)21-11-13-22(14-12-21)30-17-15-27-16-18-31-24-10-6-5-9-23(24)27/h2-14H,15-19H2,1H3,(H,28,29). The fourth-order valence-corrected chi connectivity index (χ4v) is 3.67. The van der Waals surface area contributed by atoms with Crippen LogP contribution in [0.15, 0.2) is 78.9 Å². The van der Waals surface area contributed by atoms with Gasteiger partial charge in [0.15, 0.2) is 5.60 Å². The van der Waals surface area contributed by atoms with Gasteiger partial charge in [-0.2, -0.15) is 0 Å². The number of hydrogen-bond acceptors (Lipinski definition) is 5. The fourth-order valence-electron chi connectivity index (χ4n) is 3.67. The van der Waals surface area contributed by atoms with Crippen molar-refractivity contribution in [2.75, 3.05) is 31.2 Å². The number of para-hydroxylation sites is 2. The lowest BCUT2D eigenvalue weighted by atomic mass is 9.95. The van der Waals surface area contributed by atoms with E-state index in [1.165, 1.54) is 0 Å². The molecule has 0 aromatic heterocycles. The highest BCUT2D eigenvalue weighted by Gasteiger charge is 2.36. The lowest BCUT2D eigenvalue weighted by Gasteiger charge is -2.31. The number of carboxylic acid groups (broad SMARTS) is 1. The molecule has 0 bridgehead atoms. The van der Waals surface area contributed by atoms with Crippen molar-refractivity contribution in [1.82, 2.24) is 0 Å². The molecule has 6 heteroatoms. The highest BCUT2D eigenvalue weighted by atomic mass is 16.5. The van der Waals surface area contributed by atoms with E-state index in [1.807, 2.05) is 54.6 Å². The van der Waals surface area contributed by atoms with Crippen molar-refractivity contribution in [3.05, 3.63) is 90.0 Å². The van der Waals surface area contributed by atoms with Gasteiger partial charge in [-0.05, 0) is 42.3 Å². The van der Waals surface area contributed by atoms with E-state index in [2.05, 4.69) is 4.90 Å². The molecule has 3 aromatic carbocycles. The molecule has 1 aliphatic rings. The molecular formula is C26H27NO5. The maximum absolute atomic E-state index is 12.0. The molecule has 1 atom stereocenters. The van der Waals surface area contributed by atoms with Crippen LogP contribution >= 0.6 is 0 Å². The first-order valence-corrected chi connectivity index (χ1v) is 10.7. The Bertz CT molecular complexity index is 1040. The van der Waals surface area contributed by atoms with Crippen molar-refractivity contribution in [2.24, 2.45) is 0 Å². The van der Waals surface area contributed by atoms with Crippen molar-refractivity contribution in [3.8, 4) is 11.5 Å². The molecule has 1 heterocycles. The lowest BCUT2D eigenvalue weighted by molar-refractivity contribution is -0.167. The van der Waals surface area contributed by atoms with E-state index in [4.69, 9.17) is 14.2 Å². The maximum atomic E-state index is 12.0. The van der Waals surface area contributed by atoms with Gasteiger partial charge in [0.1, 0.15) is 24.7 Å². The number of hydrogen-bond donors (Lipinski definition) is 1. The van der Waals surface area contributed by atoms with E-state index in [1.54, 1.807) is 31.2 Å². The normalized spacial score (nSPS) is 14.7. The summed E-state index contributed by atoms with van der Waals surface area (Å²) in [6.45, 7) is 4.49. The molecule has 1 aliphatic heterocycles. The monoisotopic (exact) mass is 433 g/mol. The first-order chi connectivity index (χ1) is 15.6. The summed E-state index contributed by atoms with van der Waals surface area (Å²) in [5.41, 5.74) is 1.11. The zero-order valence-corrected chi connectivity index (χ0v) is 18.1. The summed E-state index contributed by atoms with van der Waals surface area (Å²) in [7, 11) is 0. The quantitative estimate of drug-likeness (QED) is 0.537. The molecule has 4 rings (SSSR count). The summed E-state index contributed by atoms with van der Waals surface area (Å²) in [6.07, 6.45) is 0. The Balaban J connectivity index is 1.36. The molecule has 0 amide bonds. The summed E-state index contributed by atoms with van der Waals surface area (Å²) < 4.78 is 17.4. The Morgan fingerprint density at radius 3 is 2.50 bits per heavy atom. The maximum Gasteiger partial charge on any atom is 0.340 e. The Kier molecular flexibility index (Phi) is 6.61. The van der Waals surface area contributed by atoms with E-state index >= 15 is 0 Å². The van der Waals surface area contributed by atoms with Crippen molar-refractivity contribution in [2.45, 2.75) is 19.1 Å². The smallest absolute Gasteiger partial charge is 0.340 e. The Morgan fingerprint density at radius 1 is 1.03 bits per heavy atom.